The van der Waals surface area contributed by atoms with Crippen molar-refractivity contribution in [2.24, 2.45) is 5.92 Å². The number of benzene rings is 1. The summed E-state index contributed by atoms with van der Waals surface area (Å²) >= 11 is 0. The van der Waals surface area contributed by atoms with Gasteiger partial charge in [-0.05, 0) is 25.0 Å². The molecule has 6 heteroatoms. The van der Waals surface area contributed by atoms with E-state index < -0.39 is 17.4 Å². The third kappa shape index (κ3) is 2.61. The molecule has 3 heterocycles. The number of hydrogen-bond acceptors (Lipinski definition) is 4. The molecular formula is C19H22N2O4. The summed E-state index contributed by atoms with van der Waals surface area (Å²) in [5, 5.41) is 10.6. The van der Waals surface area contributed by atoms with Gasteiger partial charge in [-0.15, -0.1) is 0 Å². The molecule has 0 saturated carbocycles. The van der Waals surface area contributed by atoms with E-state index in [9.17, 15) is 14.7 Å². The third-order valence-corrected chi connectivity index (χ3v) is 5.95. The van der Waals surface area contributed by atoms with E-state index in [0.717, 1.165) is 29.8 Å². The molecule has 0 aliphatic carbocycles. The van der Waals surface area contributed by atoms with Crippen LogP contribution in [0.15, 0.2) is 34.7 Å². The second-order valence-corrected chi connectivity index (χ2v) is 7.18. The Morgan fingerprint density at radius 3 is 2.72 bits per heavy atom. The van der Waals surface area contributed by atoms with E-state index >= 15 is 0 Å². The molecule has 132 valence electrons. The molecule has 6 nitrogen and oxygen atoms in total. The Kier molecular flexibility index (Phi) is 3.80. The van der Waals surface area contributed by atoms with Gasteiger partial charge in [-0.1, -0.05) is 18.2 Å². The van der Waals surface area contributed by atoms with E-state index in [1.54, 1.807) is 11.9 Å². The van der Waals surface area contributed by atoms with Crippen molar-refractivity contribution in [3.05, 3.63) is 36.1 Å². The Bertz CT molecular complexity index is 787. The molecule has 1 aromatic heterocycles. The zero-order valence-electron chi connectivity index (χ0n) is 14.3. The molecular weight excluding hydrogens is 320 g/mol. The lowest BCUT2D eigenvalue weighted by molar-refractivity contribution is -0.146. The van der Waals surface area contributed by atoms with Crippen molar-refractivity contribution in [2.45, 2.75) is 31.3 Å². The van der Waals surface area contributed by atoms with Crippen LogP contribution in [0.25, 0.3) is 11.0 Å². The molecule has 1 N–H and O–H groups in total. The van der Waals surface area contributed by atoms with Crippen LogP contribution >= 0.6 is 0 Å². The number of carboxylic acids is 1. The summed E-state index contributed by atoms with van der Waals surface area (Å²) in [6.07, 6.45) is 1.49. The number of carbonyl (C=O) groups is 2. The molecule has 0 bridgehead atoms. The average molecular weight is 342 g/mol. The maximum absolute atomic E-state index is 12.1. The second kappa shape index (κ2) is 5.88. The largest absolute Gasteiger partial charge is 0.481 e. The first-order chi connectivity index (χ1) is 12.0. The smallest absolute Gasteiger partial charge is 0.309 e. The quantitative estimate of drug-likeness (QED) is 0.927. The predicted molar refractivity (Wildman–Crippen MR) is 92.0 cm³/mol. The molecule has 0 unspecified atom stereocenters. The highest BCUT2D eigenvalue weighted by atomic mass is 16.4. The van der Waals surface area contributed by atoms with Gasteiger partial charge in [0.1, 0.15) is 11.3 Å². The molecule has 2 aliphatic rings. The van der Waals surface area contributed by atoms with Crippen molar-refractivity contribution >= 4 is 22.8 Å². The Labute approximate surface area is 146 Å². The van der Waals surface area contributed by atoms with E-state index in [1.807, 2.05) is 24.3 Å². The van der Waals surface area contributed by atoms with Crippen molar-refractivity contribution < 1.29 is 19.1 Å². The number of nitrogens with zero attached hydrogens (tertiary/aromatic N) is 2. The minimum Gasteiger partial charge on any atom is -0.481 e. The van der Waals surface area contributed by atoms with Crippen molar-refractivity contribution in [2.75, 3.05) is 20.1 Å². The molecule has 1 spiro atoms. The highest BCUT2D eigenvalue weighted by Crippen LogP contribution is 2.43. The Hall–Kier alpha value is -2.34. The Morgan fingerprint density at radius 2 is 2.04 bits per heavy atom. The Morgan fingerprint density at radius 1 is 1.32 bits per heavy atom. The highest BCUT2D eigenvalue weighted by molar-refractivity contribution is 5.88. The standard InChI is InChI=1S/C19H22N2O4/c1-20-17(22)11-15(18(23)24)19(20)6-8-21(9-7-19)12-14-10-13-4-2-3-5-16(13)25-14/h2-5,10,15H,6-9,11-12H2,1H3,(H,23,24)/t15-/m0/s1. The molecule has 2 saturated heterocycles. The molecule has 1 atom stereocenters. The topological polar surface area (TPSA) is 74.0 Å². The fraction of sp³-hybridized carbons (Fsp3) is 0.474. The van der Waals surface area contributed by atoms with E-state index in [0.29, 0.717) is 19.4 Å². The maximum Gasteiger partial charge on any atom is 0.309 e. The lowest BCUT2D eigenvalue weighted by Gasteiger charge is -2.45. The van der Waals surface area contributed by atoms with Crippen molar-refractivity contribution in [1.82, 2.24) is 9.80 Å². The third-order valence-electron chi connectivity index (χ3n) is 5.95. The second-order valence-electron chi connectivity index (χ2n) is 7.18. The number of carboxylic acid groups (broad SMARTS) is 1. The summed E-state index contributed by atoms with van der Waals surface area (Å²) in [6.45, 7) is 2.23. The summed E-state index contributed by atoms with van der Waals surface area (Å²) < 4.78 is 5.88. The van der Waals surface area contributed by atoms with Crippen LogP contribution in [0.3, 0.4) is 0 Å². The first kappa shape index (κ1) is 16.1. The van der Waals surface area contributed by atoms with Gasteiger partial charge < -0.3 is 14.4 Å². The summed E-state index contributed by atoms with van der Waals surface area (Å²) in [4.78, 5) is 27.7. The lowest BCUT2D eigenvalue weighted by atomic mass is 9.77. The number of likely N-dealkylation sites (tertiary alicyclic amines) is 2. The maximum atomic E-state index is 12.1. The number of piperidine rings is 1. The number of amides is 1. The minimum atomic E-state index is -0.858. The van der Waals surface area contributed by atoms with Crippen LogP contribution in [0, 0.1) is 5.92 Å². The number of furan rings is 1. The monoisotopic (exact) mass is 342 g/mol. The minimum absolute atomic E-state index is 0.0573. The van der Waals surface area contributed by atoms with Crippen LogP contribution in [0.1, 0.15) is 25.0 Å². The fourth-order valence-corrected chi connectivity index (χ4v) is 4.42. The summed E-state index contributed by atoms with van der Waals surface area (Å²) in [7, 11) is 1.75. The molecule has 0 radical (unpaired) electrons. The first-order valence-corrected chi connectivity index (χ1v) is 8.69. The van der Waals surface area contributed by atoms with Crippen LogP contribution in [0.2, 0.25) is 0 Å². The van der Waals surface area contributed by atoms with E-state index in [1.165, 1.54) is 0 Å². The van der Waals surface area contributed by atoms with Crippen LogP contribution < -0.4 is 0 Å². The number of para-hydroxylation sites is 1. The van der Waals surface area contributed by atoms with Gasteiger partial charge in [0.25, 0.3) is 0 Å². The molecule has 1 aromatic carbocycles. The van der Waals surface area contributed by atoms with E-state index in [-0.39, 0.29) is 12.3 Å². The SMILES string of the molecule is CN1C(=O)C[C@@H](C(=O)O)C12CCN(Cc1cc3ccccc3o1)CC2. The molecule has 25 heavy (non-hydrogen) atoms. The molecule has 1 amide bonds. The number of fused-ring (bicyclic) bond motifs is 1. The van der Waals surface area contributed by atoms with Crippen LogP contribution in [-0.4, -0.2) is 52.5 Å². The van der Waals surface area contributed by atoms with Gasteiger partial charge in [0.05, 0.1) is 18.0 Å². The van der Waals surface area contributed by atoms with E-state index in [4.69, 9.17) is 4.42 Å². The number of rotatable bonds is 3. The van der Waals surface area contributed by atoms with Gasteiger partial charge in [-0.25, -0.2) is 0 Å². The zero-order valence-corrected chi connectivity index (χ0v) is 14.3. The van der Waals surface area contributed by atoms with Crippen LogP contribution in [0.5, 0.6) is 0 Å². The van der Waals surface area contributed by atoms with Gasteiger partial charge in [0.2, 0.25) is 5.91 Å². The molecule has 2 aliphatic heterocycles. The van der Waals surface area contributed by atoms with Gasteiger partial charge in [-0.3, -0.25) is 14.5 Å². The van der Waals surface area contributed by atoms with Crippen LogP contribution in [-0.2, 0) is 16.1 Å². The van der Waals surface area contributed by atoms with Gasteiger partial charge in [-0.2, -0.15) is 0 Å². The van der Waals surface area contributed by atoms with Crippen molar-refractivity contribution in [1.29, 1.82) is 0 Å². The molecule has 2 fully saturated rings. The number of hydrogen-bond donors (Lipinski definition) is 1. The summed E-state index contributed by atoms with van der Waals surface area (Å²) in [5.41, 5.74) is 0.353. The Balaban J connectivity index is 1.47. The highest BCUT2D eigenvalue weighted by Gasteiger charge is 2.55. The van der Waals surface area contributed by atoms with Crippen molar-refractivity contribution in [3.8, 4) is 0 Å². The molecule has 2 aromatic rings. The van der Waals surface area contributed by atoms with Gasteiger partial charge in [0.15, 0.2) is 0 Å². The predicted octanol–water partition coefficient (Wildman–Crippen LogP) is 2.33. The summed E-state index contributed by atoms with van der Waals surface area (Å²) in [5.74, 6) is -0.595. The van der Waals surface area contributed by atoms with Gasteiger partial charge >= 0.3 is 5.97 Å². The first-order valence-electron chi connectivity index (χ1n) is 8.69. The normalized spacial score (nSPS) is 23.6. The average Bonchev–Trinajstić information content (AvgIpc) is 3.11. The van der Waals surface area contributed by atoms with Crippen LogP contribution in [0.4, 0.5) is 0 Å². The lowest BCUT2D eigenvalue weighted by Crippen LogP contribution is -2.55. The van der Waals surface area contributed by atoms with Gasteiger partial charge in [0, 0.05) is 31.9 Å². The number of carbonyl (C=O) groups excluding carboxylic acids is 1. The summed E-state index contributed by atoms with van der Waals surface area (Å²) in [6, 6.07) is 10.0. The van der Waals surface area contributed by atoms with Crippen molar-refractivity contribution in [3.63, 3.8) is 0 Å². The molecule has 4 rings (SSSR count). The van der Waals surface area contributed by atoms with E-state index in [2.05, 4.69) is 11.0 Å². The number of aliphatic carboxylic acids is 1. The fourth-order valence-electron chi connectivity index (χ4n) is 4.42. The zero-order chi connectivity index (χ0) is 17.6.